The highest BCUT2D eigenvalue weighted by atomic mass is 32.1. The quantitative estimate of drug-likeness (QED) is 0.393. The van der Waals surface area contributed by atoms with E-state index in [0.29, 0.717) is 18.5 Å². The molecule has 2 heterocycles. The SMILES string of the molecule is Cc1ccccc1C(=O)NNc1ncnc(NCCc2cccs2)c1[N+](=O)[O-]. The van der Waals surface area contributed by atoms with Crippen molar-refractivity contribution in [1.29, 1.82) is 0 Å². The molecule has 0 spiro atoms. The normalized spacial score (nSPS) is 10.3. The molecule has 1 aromatic carbocycles. The van der Waals surface area contributed by atoms with E-state index in [0.717, 1.165) is 10.4 Å². The Hall–Kier alpha value is -3.53. The van der Waals surface area contributed by atoms with Crippen molar-refractivity contribution in [1.82, 2.24) is 15.4 Å². The Morgan fingerprint density at radius 3 is 2.68 bits per heavy atom. The fourth-order valence-corrected chi connectivity index (χ4v) is 3.25. The Bertz CT molecular complexity index is 977. The van der Waals surface area contributed by atoms with Crippen LogP contribution >= 0.6 is 11.3 Å². The number of carbonyl (C=O) groups is 1. The molecule has 1 amide bonds. The maximum Gasteiger partial charge on any atom is 0.354 e. The minimum atomic E-state index is -0.588. The standard InChI is InChI=1S/C18H18N6O3S/c1-12-5-2-3-7-14(12)18(25)23-22-17-15(24(26)27)16(20-11-21-17)19-9-8-13-6-4-10-28-13/h2-7,10-11H,8-9H2,1H3,(H,23,25)(H2,19,20,21,22). The van der Waals surface area contributed by atoms with Crippen LogP contribution in [0.3, 0.4) is 0 Å². The molecule has 0 unspecified atom stereocenters. The zero-order valence-corrected chi connectivity index (χ0v) is 15.8. The topological polar surface area (TPSA) is 122 Å². The smallest absolute Gasteiger partial charge is 0.354 e. The van der Waals surface area contributed by atoms with Gasteiger partial charge in [0.1, 0.15) is 6.33 Å². The second-order valence-electron chi connectivity index (χ2n) is 5.83. The van der Waals surface area contributed by atoms with Crippen molar-refractivity contribution < 1.29 is 9.72 Å². The van der Waals surface area contributed by atoms with Crippen LogP contribution in [0.2, 0.25) is 0 Å². The highest BCUT2D eigenvalue weighted by Crippen LogP contribution is 2.28. The molecule has 2 aromatic heterocycles. The molecule has 0 saturated heterocycles. The van der Waals surface area contributed by atoms with E-state index >= 15 is 0 Å². The minimum absolute atomic E-state index is 0.0872. The number of nitro groups is 1. The number of benzene rings is 1. The third kappa shape index (κ3) is 4.60. The van der Waals surface area contributed by atoms with Crippen LogP contribution in [-0.4, -0.2) is 27.3 Å². The Morgan fingerprint density at radius 2 is 1.96 bits per heavy atom. The number of hydrazine groups is 1. The fourth-order valence-electron chi connectivity index (χ4n) is 2.54. The third-order valence-electron chi connectivity index (χ3n) is 3.93. The van der Waals surface area contributed by atoms with Crippen LogP contribution < -0.4 is 16.2 Å². The summed E-state index contributed by atoms with van der Waals surface area (Å²) in [7, 11) is 0. The molecule has 0 aliphatic rings. The van der Waals surface area contributed by atoms with Crippen molar-refractivity contribution >= 4 is 34.6 Å². The number of aromatic nitrogens is 2. The van der Waals surface area contributed by atoms with E-state index in [4.69, 9.17) is 0 Å². The van der Waals surface area contributed by atoms with Gasteiger partial charge in [0.15, 0.2) is 0 Å². The van der Waals surface area contributed by atoms with Gasteiger partial charge in [0.25, 0.3) is 5.91 Å². The first-order valence-corrected chi connectivity index (χ1v) is 9.32. The first-order chi connectivity index (χ1) is 13.6. The van der Waals surface area contributed by atoms with Crippen LogP contribution in [0, 0.1) is 17.0 Å². The van der Waals surface area contributed by atoms with E-state index in [9.17, 15) is 14.9 Å². The molecule has 10 heteroatoms. The summed E-state index contributed by atoms with van der Waals surface area (Å²) < 4.78 is 0. The second kappa shape index (κ2) is 8.91. The Morgan fingerprint density at radius 1 is 1.18 bits per heavy atom. The summed E-state index contributed by atoms with van der Waals surface area (Å²) in [4.78, 5) is 32.3. The summed E-state index contributed by atoms with van der Waals surface area (Å²) in [5, 5.41) is 16.5. The Kier molecular flexibility index (Phi) is 6.12. The molecular formula is C18H18N6O3S. The average Bonchev–Trinajstić information content (AvgIpc) is 3.20. The molecule has 0 saturated carbocycles. The largest absolute Gasteiger partial charge is 0.364 e. The van der Waals surface area contributed by atoms with Gasteiger partial charge >= 0.3 is 5.69 Å². The van der Waals surface area contributed by atoms with Crippen molar-refractivity contribution in [2.24, 2.45) is 0 Å². The van der Waals surface area contributed by atoms with E-state index < -0.39 is 10.8 Å². The molecule has 28 heavy (non-hydrogen) atoms. The summed E-state index contributed by atoms with van der Waals surface area (Å²) in [6.07, 6.45) is 1.91. The molecule has 0 fully saturated rings. The monoisotopic (exact) mass is 398 g/mol. The van der Waals surface area contributed by atoms with Crippen LogP contribution in [0.1, 0.15) is 20.8 Å². The summed E-state index contributed by atoms with van der Waals surface area (Å²) in [5.74, 6) is -0.428. The number of rotatable bonds is 8. The van der Waals surface area contributed by atoms with Crippen molar-refractivity contribution in [2.45, 2.75) is 13.3 Å². The lowest BCUT2D eigenvalue weighted by Gasteiger charge is -2.11. The molecule has 144 valence electrons. The van der Waals surface area contributed by atoms with Gasteiger partial charge in [0.2, 0.25) is 11.6 Å². The van der Waals surface area contributed by atoms with Crippen LogP contribution in [0.5, 0.6) is 0 Å². The summed E-state index contributed by atoms with van der Waals surface area (Å²) in [5.41, 5.74) is 5.89. The van der Waals surface area contributed by atoms with Gasteiger partial charge in [0, 0.05) is 17.0 Å². The third-order valence-corrected chi connectivity index (χ3v) is 4.87. The Balaban J connectivity index is 1.71. The van der Waals surface area contributed by atoms with Crippen LogP contribution in [0.25, 0.3) is 0 Å². The maximum atomic E-state index is 12.3. The van der Waals surface area contributed by atoms with E-state index in [1.165, 1.54) is 6.33 Å². The number of nitrogens with zero attached hydrogens (tertiary/aromatic N) is 3. The summed E-state index contributed by atoms with van der Waals surface area (Å²) in [6, 6.07) is 11.0. The number of hydrogen-bond acceptors (Lipinski definition) is 8. The van der Waals surface area contributed by atoms with E-state index in [1.807, 2.05) is 23.6 Å². The predicted molar refractivity (Wildman–Crippen MR) is 107 cm³/mol. The molecular weight excluding hydrogens is 380 g/mol. The first kappa shape index (κ1) is 19.2. The van der Waals surface area contributed by atoms with Gasteiger partial charge in [-0.05, 0) is 36.4 Å². The molecule has 3 rings (SSSR count). The lowest BCUT2D eigenvalue weighted by atomic mass is 10.1. The number of aryl methyl sites for hydroxylation is 1. The number of nitrogens with one attached hydrogen (secondary N) is 3. The van der Waals surface area contributed by atoms with Gasteiger partial charge < -0.3 is 5.32 Å². The molecule has 0 aliphatic carbocycles. The van der Waals surface area contributed by atoms with Crippen LogP contribution in [0.15, 0.2) is 48.1 Å². The van der Waals surface area contributed by atoms with Gasteiger partial charge in [-0.1, -0.05) is 24.3 Å². The Labute approximate surface area is 165 Å². The molecule has 0 radical (unpaired) electrons. The van der Waals surface area contributed by atoms with Crippen molar-refractivity contribution in [2.75, 3.05) is 17.3 Å². The molecule has 0 atom stereocenters. The fraction of sp³-hybridized carbons (Fsp3) is 0.167. The molecule has 3 aromatic rings. The molecule has 9 nitrogen and oxygen atoms in total. The second-order valence-corrected chi connectivity index (χ2v) is 6.86. The molecule has 0 bridgehead atoms. The van der Waals surface area contributed by atoms with Crippen LogP contribution in [-0.2, 0) is 6.42 Å². The van der Waals surface area contributed by atoms with Gasteiger partial charge in [-0.3, -0.25) is 25.8 Å². The lowest BCUT2D eigenvalue weighted by Crippen LogP contribution is -2.31. The number of anilines is 2. The lowest BCUT2D eigenvalue weighted by molar-refractivity contribution is -0.383. The van der Waals surface area contributed by atoms with Gasteiger partial charge in [0.05, 0.1) is 4.92 Å². The zero-order valence-electron chi connectivity index (χ0n) is 15.0. The highest BCUT2D eigenvalue weighted by Gasteiger charge is 2.23. The molecule has 3 N–H and O–H groups in total. The highest BCUT2D eigenvalue weighted by molar-refractivity contribution is 7.09. The summed E-state index contributed by atoms with van der Waals surface area (Å²) in [6.45, 7) is 2.28. The number of thiophene rings is 1. The predicted octanol–water partition coefficient (Wildman–Crippen LogP) is 3.17. The van der Waals surface area contributed by atoms with Crippen molar-refractivity contribution in [3.63, 3.8) is 0 Å². The van der Waals surface area contributed by atoms with E-state index in [-0.39, 0.29) is 17.3 Å². The first-order valence-electron chi connectivity index (χ1n) is 8.44. The summed E-state index contributed by atoms with van der Waals surface area (Å²) >= 11 is 1.62. The number of amides is 1. The number of hydrogen-bond donors (Lipinski definition) is 3. The maximum absolute atomic E-state index is 12.3. The zero-order chi connectivity index (χ0) is 19.9. The van der Waals surface area contributed by atoms with Crippen molar-refractivity contribution in [3.8, 4) is 0 Å². The van der Waals surface area contributed by atoms with E-state index in [2.05, 4.69) is 26.1 Å². The van der Waals surface area contributed by atoms with Gasteiger partial charge in [-0.25, -0.2) is 9.97 Å². The van der Waals surface area contributed by atoms with Gasteiger partial charge in [-0.15, -0.1) is 11.3 Å². The van der Waals surface area contributed by atoms with Gasteiger partial charge in [-0.2, -0.15) is 0 Å². The van der Waals surface area contributed by atoms with Crippen molar-refractivity contribution in [3.05, 3.63) is 74.2 Å². The molecule has 0 aliphatic heterocycles. The number of carbonyl (C=O) groups excluding carboxylic acids is 1. The van der Waals surface area contributed by atoms with Crippen LogP contribution in [0.4, 0.5) is 17.3 Å². The minimum Gasteiger partial charge on any atom is -0.364 e. The average molecular weight is 398 g/mol. The van der Waals surface area contributed by atoms with E-state index in [1.54, 1.807) is 36.5 Å².